The van der Waals surface area contributed by atoms with Gasteiger partial charge >= 0.3 is 0 Å². The molecule has 0 aromatic heterocycles. The van der Waals surface area contributed by atoms with E-state index in [0.717, 1.165) is 38.3 Å². The quantitative estimate of drug-likeness (QED) is 0.899. The summed E-state index contributed by atoms with van der Waals surface area (Å²) in [5, 5.41) is 3.29. The summed E-state index contributed by atoms with van der Waals surface area (Å²) in [7, 11) is 0. The fourth-order valence-electron chi connectivity index (χ4n) is 2.19. The normalized spacial score (nSPS) is 17.7. The standard InChI is InChI=1S/C15H22N2O2/c1-12-4-6-14(7-5-12)19-13(2)15(18)17-10-3-8-16-9-11-17/h4-7,13,16H,3,8-11H2,1-2H3. The van der Waals surface area contributed by atoms with E-state index in [9.17, 15) is 4.79 Å². The van der Waals surface area contributed by atoms with Gasteiger partial charge in [0.05, 0.1) is 0 Å². The van der Waals surface area contributed by atoms with Crippen molar-refractivity contribution in [1.29, 1.82) is 0 Å². The fraction of sp³-hybridized carbons (Fsp3) is 0.533. The molecule has 4 nitrogen and oxygen atoms in total. The first-order valence-electron chi connectivity index (χ1n) is 6.89. The van der Waals surface area contributed by atoms with Gasteiger partial charge in [0.25, 0.3) is 5.91 Å². The number of benzene rings is 1. The van der Waals surface area contributed by atoms with Gasteiger partial charge in [-0.05, 0) is 38.9 Å². The third-order valence-electron chi connectivity index (χ3n) is 3.33. The lowest BCUT2D eigenvalue weighted by atomic mass is 10.2. The molecular weight excluding hydrogens is 240 g/mol. The molecule has 1 atom stereocenters. The predicted octanol–water partition coefficient (Wildman–Crippen LogP) is 1.58. The zero-order valence-electron chi connectivity index (χ0n) is 11.7. The largest absolute Gasteiger partial charge is 0.481 e. The van der Waals surface area contributed by atoms with Crippen molar-refractivity contribution in [3.63, 3.8) is 0 Å². The minimum atomic E-state index is -0.430. The molecule has 104 valence electrons. The second kappa shape index (κ2) is 6.57. The van der Waals surface area contributed by atoms with Crippen molar-refractivity contribution >= 4 is 5.91 Å². The molecule has 0 aliphatic carbocycles. The molecule has 2 rings (SSSR count). The molecule has 0 bridgehead atoms. The van der Waals surface area contributed by atoms with E-state index in [2.05, 4.69) is 5.32 Å². The van der Waals surface area contributed by atoms with Crippen molar-refractivity contribution in [1.82, 2.24) is 10.2 Å². The number of carbonyl (C=O) groups is 1. The van der Waals surface area contributed by atoms with E-state index in [-0.39, 0.29) is 5.91 Å². The molecule has 0 radical (unpaired) electrons. The van der Waals surface area contributed by atoms with Gasteiger partial charge < -0.3 is 15.0 Å². The molecule has 1 amide bonds. The van der Waals surface area contributed by atoms with Crippen molar-refractivity contribution in [2.24, 2.45) is 0 Å². The highest BCUT2D eigenvalue weighted by Crippen LogP contribution is 2.14. The van der Waals surface area contributed by atoms with Crippen LogP contribution in [0.4, 0.5) is 0 Å². The maximum Gasteiger partial charge on any atom is 0.263 e. The van der Waals surface area contributed by atoms with Crippen LogP contribution in [0.25, 0.3) is 0 Å². The number of nitrogens with one attached hydrogen (secondary N) is 1. The lowest BCUT2D eigenvalue weighted by Gasteiger charge is -2.24. The van der Waals surface area contributed by atoms with E-state index in [0.29, 0.717) is 0 Å². The Morgan fingerprint density at radius 1 is 1.26 bits per heavy atom. The van der Waals surface area contributed by atoms with Crippen LogP contribution >= 0.6 is 0 Å². The van der Waals surface area contributed by atoms with Crippen LogP contribution in [0.2, 0.25) is 0 Å². The van der Waals surface area contributed by atoms with E-state index < -0.39 is 6.10 Å². The lowest BCUT2D eigenvalue weighted by molar-refractivity contribution is -0.137. The average molecular weight is 262 g/mol. The topological polar surface area (TPSA) is 41.6 Å². The van der Waals surface area contributed by atoms with E-state index in [1.807, 2.05) is 43.0 Å². The maximum absolute atomic E-state index is 12.3. The van der Waals surface area contributed by atoms with Crippen molar-refractivity contribution < 1.29 is 9.53 Å². The molecule has 19 heavy (non-hydrogen) atoms. The van der Waals surface area contributed by atoms with E-state index >= 15 is 0 Å². The van der Waals surface area contributed by atoms with Crippen LogP contribution in [-0.2, 0) is 4.79 Å². The van der Waals surface area contributed by atoms with Crippen LogP contribution in [0.5, 0.6) is 5.75 Å². The molecule has 1 heterocycles. The SMILES string of the molecule is Cc1ccc(OC(C)C(=O)N2CCCNCC2)cc1. The van der Waals surface area contributed by atoms with Gasteiger partial charge in [-0.1, -0.05) is 17.7 Å². The van der Waals surface area contributed by atoms with Crippen molar-refractivity contribution in [2.45, 2.75) is 26.4 Å². The molecule has 1 saturated heterocycles. The summed E-state index contributed by atoms with van der Waals surface area (Å²) >= 11 is 0. The zero-order chi connectivity index (χ0) is 13.7. The summed E-state index contributed by atoms with van der Waals surface area (Å²) in [5.74, 6) is 0.823. The van der Waals surface area contributed by atoms with Crippen LogP contribution in [0.3, 0.4) is 0 Å². The molecule has 1 aromatic carbocycles. The maximum atomic E-state index is 12.3. The Balaban J connectivity index is 1.92. The highest BCUT2D eigenvalue weighted by atomic mass is 16.5. The lowest BCUT2D eigenvalue weighted by Crippen LogP contribution is -2.42. The third-order valence-corrected chi connectivity index (χ3v) is 3.33. The van der Waals surface area contributed by atoms with Gasteiger partial charge in [0, 0.05) is 19.6 Å². The summed E-state index contributed by atoms with van der Waals surface area (Å²) in [6.07, 6.45) is 0.573. The van der Waals surface area contributed by atoms with Crippen LogP contribution in [-0.4, -0.2) is 43.1 Å². The summed E-state index contributed by atoms with van der Waals surface area (Å²) in [6.45, 7) is 7.27. The Labute approximate surface area is 114 Å². The Morgan fingerprint density at radius 3 is 2.74 bits per heavy atom. The number of amides is 1. The Hall–Kier alpha value is -1.55. The van der Waals surface area contributed by atoms with Gasteiger partial charge in [0.15, 0.2) is 6.10 Å². The number of rotatable bonds is 3. The van der Waals surface area contributed by atoms with Gasteiger partial charge in [-0.2, -0.15) is 0 Å². The van der Waals surface area contributed by atoms with Crippen molar-refractivity contribution in [3.8, 4) is 5.75 Å². The Kier molecular flexibility index (Phi) is 4.80. The summed E-state index contributed by atoms with van der Waals surface area (Å²) in [4.78, 5) is 14.2. The van der Waals surface area contributed by atoms with Gasteiger partial charge in [-0.3, -0.25) is 4.79 Å². The highest BCUT2D eigenvalue weighted by Gasteiger charge is 2.22. The minimum absolute atomic E-state index is 0.0734. The number of hydrogen-bond donors (Lipinski definition) is 1. The third kappa shape index (κ3) is 3.96. The van der Waals surface area contributed by atoms with E-state index in [4.69, 9.17) is 4.74 Å². The Morgan fingerprint density at radius 2 is 2.00 bits per heavy atom. The number of nitrogens with zero attached hydrogens (tertiary/aromatic N) is 1. The zero-order valence-corrected chi connectivity index (χ0v) is 11.7. The molecular formula is C15H22N2O2. The van der Waals surface area contributed by atoms with Gasteiger partial charge in [-0.25, -0.2) is 0 Å². The molecule has 4 heteroatoms. The minimum Gasteiger partial charge on any atom is -0.481 e. The highest BCUT2D eigenvalue weighted by molar-refractivity contribution is 5.81. The summed E-state index contributed by atoms with van der Waals surface area (Å²) in [5.41, 5.74) is 1.19. The van der Waals surface area contributed by atoms with Crippen LogP contribution < -0.4 is 10.1 Å². The van der Waals surface area contributed by atoms with Crippen LogP contribution in [0, 0.1) is 6.92 Å². The molecule has 0 spiro atoms. The van der Waals surface area contributed by atoms with Crippen LogP contribution in [0.1, 0.15) is 18.9 Å². The van der Waals surface area contributed by atoms with Gasteiger partial charge in [-0.15, -0.1) is 0 Å². The van der Waals surface area contributed by atoms with Crippen molar-refractivity contribution in [3.05, 3.63) is 29.8 Å². The second-order valence-corrected chi connectivity index (χ2v) is 5.00. The summed E-state index contributed by atoms with van der Waals surface area (Å²) in [6, 6.07) is 7.79. The molecule has 1 aromatic rings. The molecule has 1 N–H and O–H groups in total. The van der Waals surface area contributed by atoms with E-state index in [1.54, 1.807) is 0 Å². The molecule has 0 saturated carbocycles. The fourth-order valence-corrected chi connectivity index (χ4v) is 2.19. The number of aryl methyl sites for hydroxylation is 1. The van der Waals surface area contributed by atoms with Gasteiger partial charge in [0.2, 0.25) is 0 Å². The monoisotopic (exact) mass is 262 g/mol. The first-order valence-corrected chi connectivity index (χ1v) is 6.89. The molecule has 1 fully saturated rings. The first-order chi connectivity index (χ1) is 9.16. The number of hydrogen-bond acceptors (Lipinski definition) is 3. The molecule has 1 aliphatic rings. The first kappa shape index (κ1) is 13.9. The molecule has 1 unspecified atom stereocenters. The Bertz CT molecular complexity index is 409. The van der Waals surface area contributed by atoms with Gasteiger partial charge in [0.1, 0.15) is 5.75 Å². The van der Waals surface area contributed by atoms with E-state index in [1.165, 1.54) is 5.56 Å². The summed E-state index contributed by atoms with van der Waals surface area (Å²) < 4.78 is 5.71. The number of carbonyl (C=O) groups excluding carboxylic acids is 1. The second-order valence-electron chi connectivity index (χ2n) is 5.00. The smallest absolute Gasteiger partial charge is 0.263 e. The number of ether oxygens (including phenoxy) is 1. The molecule has 1 aliphatic heterocycles. The van der Waals surface area contributed by atoms with Crippen LogP contribution in [0.15, 0.2) is 24.3 Å². The average Bonchev–Trinajstić information content (AvgIpc) is 2.69. The van der Waals surface area contributed by atoms with Crippen molar-refractivity contribution in [2.75, 3.05) is 26.2 Å². The predicted molar refractivity (Wildman–Crippen MR) is 75.3 cm³/mol.